The van der Waals surface area contributed by atoms with Crippen LogP contribution < -0.4 is 5.43 Å². The van der Waals surface area contributed by atoms with Crippen LogP contribution >= 0.6 is 0 Å². The maximum Gasteiger partial charge on any atom is 0.259 e. The summed E-state index contributed by atoms with van der Waals surface area (Å²) in [4.78, 5) is 38.1. The van der Waals surface area contributed by atoms with Gasteiger partial charge >= 0.3 is 0 Å². The number of fused-ring (bicyclic) bond motifs is 2. The summed E-state index contributed by atoms with van der Waals surface area (Å²) in [6.45, 7) is 1.28. The number of aromatic amines is 2. The first-order chi connectivity index (χ1) is 13.7. The van der Waals surface area contributed by atoms with E-state index >= 15 is 0 Å². The molecule has 5 rings (SSSR count). The van der Waals surface area contributed by atoms with Crippen LogP contribution in [0, 0.1) is 0 Å². The summed E-state index contributed by atoms with van der Waals surface area (Å²) >= 11 is 0. The molecule has 1 aromatic carbocycles. The number of H-pyrrole nitrogens is 2. The molecule has 0 spiro atoms. The van der Waals surface area contributed by atoms with Crippen molar-refractivity contribution in [2.24, 2.45) is 0 Å². The van der Waals surface area contributed by atoms with E-state index in [1.807, 2.05) is 30.5 Å². The molecule has 1 saturated heterocycles. The Morgan fingerprint density at radius 3 is 2.64 bits per heavy atom. The Morgan fingerprint density at radius 1 is 1.00 bits per heavy atom. The minimum Gasteiger partial charge on any atom is -0.360 e. The van der Waals surface area contributed by atoms with E-state index in [1.165, 1.54) is 5.56 Å². The monoisotopic (exact) mass is 372 g/mol. The third kappa shape index (κ3) is 2.69. The SMILES string of the molecule is O=C(c1c[nH]c2ccccc2c1=O)N1CCC(c2c[nH]c3ncccc23)CC1. The molecule has 0 bridgehead atoms. The number of aromatic nitrogens is 3. The first-order valence-corrected chi connectivity index (χ1v) is 9.54. The maximum absolute atomic E-state index is 13.0. The number of pyridine rings is 2. The molecule has 4 aromatic rings. The van der Waals surface area contributed by atoms with Crippen LogP contribution in [0.4, 0.5) is 0 Å². The molecule has 0 unspecified atom stereocenters. The average molecular weight is 372 g/mol. The number of amides is 1. The van der Waals surface area contributed by atoms with Gasteiger partial charge in [0, 0.05) is 48.0 Å². The molecule has 1 fully saturated rings. The highest BCUT2D eigenvalue weighted by Crippen LogP contribution is 2.32. The van der Waals surface area contributed by atoms with Crippen molar-refractivity contribution in [3.8, 4) is 0 Å². The minimum atomic E-state index is -0.204. The second-order valence-electron chi connectivity index (χ2n) is 7.29. The molecular formula is C22H20N4O2. The van der Waals surface area contributed by atoms with Crippen LogP contribution in [0.3, 0.4) is 0 Å². The molecule has 0 saturated carbocycles. The van der Waals surface area contributed by atoms with Crippen LogP contribution in [0.2, 0.25) is 0 Å². The van der Waals surface area contributed by atoms with E-state index in [4.69, 9.17) is 0 Å². The van der Waals surface area contributed by atoms with Gasteiger partial charge in [-0.05, 0) is 48.6 Å². The summed E-state index contributed by atoms with van der Waals surface area (Å²) in [6, 6.07) is 11.3. The van der Waals surface area contributed by atoms with E-state index < -0.39 is 0 Å². The Balaban J connectivity index is 1.36. The number of para-hydroxylation sites is 1. The summed E-state index contributed by atoms with van der Waals surface area (Å²) < 4.78 is 0. The second kappa shape index (κ2) is 6.64. The molecule has 4 heterocycles. The quantitative estimate of drug-likeness (QED) is 0.566. The van der Waals surface area contributed by atoms with Crippen LogP contribution in [0.1, 0.15) is 34.7 Å². The molecule has 0 aliphatic carbocycles. The summed E-state index contributed by atoms with van der Waals surface area (Å²) in [5.74, 6) is 0.197. The Bertz CT molecular complexity index is 1230. The zero-order valence-corrected chi connectivity index (χ0v) is 15.3. The normalized spacial score (nSPS) is 15.4. The van der Waals surface area contributed by atoms with Crippen LogP contribution in [-0.4, -0.2) is 38.8 Å². The molecule has 140 valence electrons. The number of hydrogen-bond donors (Lipinski definition) is 2. The lowest BCUT2D eigenvalue weighted by Gasteiger charge is -2.32. The molecular weight excluding hydrogens is 352 g/mol. The zero-order valence-electron chi connectivity index (χ0n) is 15.3. The second-order valence-corrected chi connectivity index (χ2v) is 7.29. The van der Waals surface area contributed by atoms with Gasteiger partial charge in [-0.15, -0.1) is 0 Å². The number of likely N-dealkylation sites (tertiary alicyclic amines) is 1. The number of rotatable bonds is 2. The van der Waals surface area contributed by atoms with Crippen LogP contribution in [0.15, 0.2) is 59.8 Å². The lowest BCUT2D eigenvalue weighted by molar-refractivity contribution is 0.0712. The lowest BCUT2D eigenvalue weighted by atomic mass is 9.89. The molecule has 0 atom stereocenters. The molecule has 1 aliphatic rings. The first-order valence-electron chi connectivity index (χ1n) is 9.54. The van der Waals surface area contributed by atoms with Crippen molar-refractivity contribution in [3.05, 3.63) is 76.3 Å². The minimum absolute atomic E-state index is 0.189. The third-order valence-corrected chi connectivity index (χ3v) is 5.72. The van der Waals surface area contributed by atoms with E-state index in [1.54, 1.807) is 23.4 Å². The largest absolute Gasteiger partial charge is 0.360 e. The average Bonchev–Trinajstić information content (AvgIpc) is 3.18. The van der Waals surface area contributed by atoms with Gasteiger partial charge in [0.05, 0.1) is 0 Å². The summed E-state index contributed by atoms with van der Waals surface area (Å²) in [7, 11) is 0. The van der Waals surface area contributed by atoms with Crippen molar-refractivity contribution in [2.45, 2.75) is 18.8 Å². The van der Waals surface area contributed by atoms with Crippen LogP contribution in [0.5, 0.6) is 0 Å². The lowest BCUT2D eigenvalue weighted by Crippen LogP contribution is -2.39. The fourth-order valence-electron chi connectivity index (χ4n) is 4.21. The van der Waals surface area contributed by atoms with E-state index in [9.17, 15) is 9.59 Å². The molecule has 28 heavy (non-hydrogen) atoms. The number of hydrogen-bond acceptors (Lipinski definition) is 3. The van der Waals surface area contributed by atoms with Crippen LogP contribution in [-0.2, 0) is 0 Å². The molecule has 6 nitrogen and oxygen atoms in total. The summed E-state index contributed by atoms with van der Waals surface area (Å²) in [5.41, 5.74) is 2.92. The highest BCUT2D eigenvalue weighted by atomic mass is 16.2. The predicted octanol–water partition coefficient (Wildman–Crippen LogP) is 3.42. The molecule has 2 N–H and O–H groups in total. The molecule has 1 amide bonds. The fourth-order valence-corrected chi connectivity index (χ4v) is 4.21. The van der Waals surface area contributed by atoms with Gasteiger partial charge in [0.15, 0.2) is 0 Å². The van der Waals surface area contributed by atoms with Gasteiger partial charge in [-0.3, -0.25) is 9.59 Å². The Kier molecular flexibility index (Phi) is 3.97. The van der Waals surface area contributed by atoms with E-state index in [2.05, 4.69) is 21.0 Å². The molecule has 1 aliphatic heterocycles. The van der Waals surface area contributed by atoms with Gasteiger partial charge in [-0.1, -0.05) is 12.1 Å². The number of carbonyl (C=O) groups is 1. The number of nitrogens with zero attached hydrogens (tertiary/aromatic N) is 2. The standard InChI is InChI=1S/C22H20N4O2/c27-20-16-4-1-2-6-19(16)24-13-18(20)22(28)26-10-7-14(8-11-26)17-12-25-21-15(17)5-3-9-23-21/h1-6,9,12-14H,7-8,10-11H2,(H,23,25)(H,24,27). The number of nitrogens with one attached hydrogen (secondary N) is 2. The fraction of sp³-hybridized carbons (Fsp3) is 0.227. The Hall–Kier alpha value is -3.41. The van der Waals surface area contributed by atoms with Crippen LogP contribution in [0.25, 0.3) is 21.9 Å². The molecule has 6 heteroatoms. The van der Waals surface area contributed by atoms with Crippen molar-refractivity contribution in [1.29, 1.82) is 0 Å². The number of carbonyl (C=O) groups excluding carboxylic acids is 1. The summed E-state index contributed by atoms with van der Waals surface area (Å²) in [5, 5.41) is 1.70. The highest BCUT2D eigenvalue weighted by Gasteiger charge is 2.27. The van der Waals surface area contributed by atoms with Crippen molar-refractivity contribution in [2.75, 3.05) is 13.1 Å². The van der Waals surface area contributed by atoms with Crippen molar-refractivity contribution in [1.82, 2.24) is 19.9 Å². The third-order valence-electron chi connectivity index (χ3n) is 5.72. The van der Waals surface area contributed by atoms with Crippen molar-refractivity contribution < 1.29 is 4.79 Å². The van der Waals surface area contributed by atoms with E-state index in [0.717, 1.165) is 29.4 Å². The van der Waals surface area contributed by atoms with Gasteiger partial charge in [0.1, 0.15) is 11.2 Å². The topological polar surface area (TPSA) is 81.9 Å². The van der Waals surface area contributed by atoms with E-state index in [-0.39, 0.29) is 16.9 Å². The molecule has 3 aromatic heterocycles. The first kappa shape index (κ1) is 16.7. The van der Waals surface area contributed by atoms with Gasteiger partial charge < -0.3 is 14.9 Å². The van der Waals surface area contributed by atoms with Gasteiger partial charge in [0.2, 0.25) is 5.43 Å². The number of benzene rings is 1. The summed E-state index contributed by atoms with van der Waals surface area (Å²) in [6.07, 6.45) is 7.11. The van der Waals surface area contributed by atoms with Gasteiger partial charge in [-0.2, -0.15) is 0 Å². The van der Waals surface area contributed by atoms with E-state index in [0.29, 0.717) is 24.4 Å². The van der Waals surface area contributed by atoms with Crippen molar-refractivity contribution >= 4 is 27.8 Å². The Morgan fingerprint density at radius 2 is 1.79 bits per heavy atom. The predicted molar refractivity (Wildman–Crippen MR) is 109 cm³/mol. The number of piperidine rings is 1. The molecule has 0 radical (unpaired) electrons. The van der Waals surface area contributed by atoms with Crippen molar-refractivity contribution in [3.63, 3.8) is 0 Å². The smallest absolute Gasteiger partial charge is 0.259 e. The Labute approximate surface area is 161 Å². The zero-order chi connectivity index (χ0) is 19.1. The van der Waals surface area contributed by atoms with Gasteiger partial charge in [0.25, 0.3) is 5.91 Å². The van der Waals surface area contributed by atoms with Gasteiger partial charge in [-0.25, -0.2) is 4.98 Å². The maximum atomic E-state index is 13.0. The highest BCUT2D eigenvalue weighted by molar-refractivity contribution is 5.97.